The molecule has 1 amide bonds. The van der Waals surface area contributed by atoms with Crippen LogP contribution < -0.4 is 10.2 Å². The zero-order chi connectivity index (χ0) is 22.6. The largest absolute Gasteiger partial charge is 0.357 e. The van der Waals surface area contributed by atoms with Crippen LogP contribution in [0, 0.1) is 0 Å². The van der Waals surface area contributed by atoms with Gasteiger partial charge in [-0.2, -0.15) is 5.10 Å². The minimum atomic E-state index is -0.0916. The standard InChI is InChI=1S/C26H32ClN5O/c27-20-12-10-19(11-13-20)18-32-25-22(14-15-23(29-25)31-16-6-1-2-7-17-31)24(30-32)26(33)28-21-8-4-3-5-9-21/h10-15,21H,1-9,16-18H2,(H,28,33). The van der Waals surface area contributed by atoms with Gasteiger partial charge in [-0.15, -0.1) is 0 Å². The summed E-state index contributed by atoms with van der Waals surface area (Å²) in [4.78, 5) is 20.6. The Kier molecular flexibility index (Phi) is 6.81. The quantitative estimate of drug-likeness (QED) is 0.534. The SMILES string of the molecule is O=C(NC1CCCCC1)c1nn(Cc2ccc(Cl)cc2)c2nc(N3CCCCCC3)ccc12. The molecule has 1 saturated carbocycles. The van der Waals surface area contributed by atoms with Crippen LogP contribution in [-0.2, 0) is 6.54 Å². The summed E-state index contributed by atoms with van der Waals surface area (Å²) in [6.45, 7) is 2.60. The fraction of sp³-hybridized carbons (Fsp3) is 0.500. The Labute approximate surface area is 200 Å². The van der Waals surface area contributed by atoms with Gasteiger partial charge in [-0.1, -0.05) is 55.8 Å². The number of fused-ring (bicyclic) bond motifs is 1. The molecule has 2 aliphatic rings. The Morgan fingerprint density at radius 3 is 2.36 bits per heavy atom. The van der Waals surface area contributed by atoms with E-state index in [1.54, 1.807) is 0 Å². The zero-order valence-corrected chi connectivity index (χ0v) is 19.9. The molecule has 0 spiro atoms. The third-order valence-corrected chi connectivity index (χ3v) is 7.16. The average molecular weight is 466 g/mol. The summed E-state index contributed by atoms with van der Waals surface area (Å²) in [5.41, 5.74) is 2.31. The van der Waals surface area contributed by atoms with Crippen molar-refractivity contribution in [1.82, 2.24) is 20.1 Å². The molecule has 6 nitrogen and oxygen atoms in total. The van der Waals surface area contributed by atoms with E-state index in [9.17, 15) is 4.79 Å². The van der Waals surface area contributed by atoms with Crippen molar-refractivity contribution in [2.24, 2.45) is 0 Å². The van der Waals surface area contributed by atoms with E-state index in [0.717, 1.165) is 48.3 Å². The number of halogens is 1. The summed E-state index contributed by atoms with van der Waals surface area (Å²) in [5.74, 6) is 0.881. The number of nitrogens with zero attached hydrogens (tertiary/aromatic N) is 4. The predicted molar refractivity (Wildman–Crippen MR) is 133 cm³/mol. The molecule has 174 valence electrons. The van der Waals surface area contributed by atoms with Crippen LogP contribution in [0.25, 0.3) is 11.0 Å². The Morgan fingerprint density at radius 1 is 0.939 bits per heavy atom. The van der Waals surface area contributed by atoms with Crippen molar-refractivity contribution in [1.29, 1.82) is 0 Å². The molecule has 2 fully saturated rings. The maximum Gasteiger partial charge on any atom is 0.272 e. The van der Waals surface area contributed by atoms with Crippen LogP contribution in [0.3, 0.4) is 0 Å². The molecule has 0 bridgehead atoms. The summed E-state index contributed by atoms with van der Waals surface area (Å²) in [5, 5.41) is 9.52. The van der Waals surface area contributed by atoms with Gasteiger partial charge in [0.05, 0.1) is 11.9 Å². The molecule has 1 aliphatic carbocycles. The highest BCUT2D eigenvalue weighted by Gasteiger charge is 2.23. The Hall–Kier alpha value is -2.60. The second-order valence-corrected chi connectivity index (χ2v) is 9.82. The highest BCUT2D eigenvalue weighted by molar-refractivity contribution is 6.30. The molecule has 1 saturated heterocycles. The monoisotopic (exact) mass is 465 g/mol. The maximum absolute atomic E-state index is 13.2. The molecule has 0 atom stereocenters. The first-order valence-corrected chi connectivity index (χ1v) is 12.7. The number of anilines is 1. The number of hydrogen-bond donors (Lipinski definition) is 1. The van der Waals surface area contributed by atoms with Crippen molar-refractivity contribution in [2.75, 3.05) is 18.0 Å². The fourth-order valence-corrected chi connectivity index (χ4v) is 5.19. The van der Waals surface area contributed by atoms with Crippen LogP contribution in [0.2, 0.25) is 5.02 Å². The summed E-state index contributed by atoms with van der Waals surface area (Å²) in [7, 11) is 0. The fourth-order valence-electron chi connectivity index (χ4n) is 5.06. The van der Waals surface area contributed by atoms with Gasteiger partial charge in [-0.25, -0.2) is 9.67 Å². The molecule has 0 radical (unpaired) electrons. The summed E-state index contributed by atoms with van der Waals surface area (Å²) in [6, 6.07) is 12.1. The second-order valence-electron chi connectivity index (χ2n) is 9.38. The minimum Gasteiger partial charge on any atom is -0.357 e. The van der Waals surface area contributed by atoms with Gasteiger partial charge in [0, 0.05) is 24.2 Å². The number of carbonyl (C=O) groups excluding carboxylic acids is 1. The molecule has 1 aromatic carbocycles. The molecule has 2 aromatic heterocycles. The molecule has 33 heavy (non-hydrogen) atoms. The van der Waals surface area contributed by atoms with Gasteiger partial charge >= 0.3 is 0 Å². The van der Waals surface area contributed by atoms with E-state index in [4.69, 9.17) is 21.7 Å². The highest BCUT2D eigenvalue weighted by atomic mass is 35.5. The van der Waals surface area contributed by atoms with Crippen LogP contribution >= 0.6 is 11.6 Å². The Morgan fingerprint density at radius 2 is 1.64 bits per heavy atom. The third kappa shape index (κ3) is 5.16. The molecule has 3 aromatic rings. The lowest BCUT2D eigenvalue weighted by Crippen LogP contribution is -2.36. The van der Waals surface area contributed by atoms with Crippen LogP contribution in [0.15, 0.2) is 36.4 Å². The molecule has 7 heteroatoms. The van der Waals surface area contributed by atoms with Crippen molar-refractivity contribution in [3.05, 3.63) is 52.7 Å². The zero-order valence-electron chi connectivity index (χ0n) is 19.1. The molecule has 5 rings (SSSR count). The number of rotatable bonds is 5. The molecule has 3 heterocycles. The number of hydrogen-bond acceptors (Lipinski definition) is 4. The lowest BCUT2D eigenvalue weighted by atomic mass is 9.95. The molecule has 0 unspecified atom stereocenters. The first-order chi connectivity index (χ1) is 16.2. The summed E-state index contributed by atoms with van der Waals surface area (Å²) >= 11 is 6.07. The van der Waals surface area contributed by atoms with Crippen molar-refractivity contribution < 1.29 is 4.79 Å². The maximum atomic E-state index is 13.2. The lowest BCUT2D eigenvalue weighted by molar-refractivity contribution is 0.0923. The van der Waals surface area contributed by atoms with Gasteiger partial charge in [0.2, 0.25) is 0 Å². The smallest absolute Gasteiger partial charge is 0.272 e. The summed E-state index contributed by atoms with van der Waals surface area (Å²) < 4.78 is 1.87. The van der Waals surface area contributed by atoms with Gasteiger partial charge in [-0.3, -0.25) is 4.79 Å². The van der Waals surface area contributed by atoms with E-state index in [-0.39, 0.29) is 11.9 Å². The topological polar surface area (TPSA) is 63.1 Å². The van der Waals surface area contributed by atoms with E-state index in [2.05, 4.69) is 16.3 Å². The molecular weight excluding hydrogens is 434 g/mol. The van der Waals surface area contributed by atoms with E-state index >= 15 is 0 Å². The van der Waals surface area contributed by atoms with Crippen molar-refractivity contribution in [3.63, 3.8) is 0 Å². The second kappa shape index (κ2) is 10.1. The van der Waals surface area contributed by atoms with E-state index < -0.39 is 0 Å². The van der Waals surface area contributed by atoms with Gasteiger partial charge in [0.1, 0.15) is 5.82 Å². The van der Waals surface area contributed by atoms with Gasteiger partial charge in [-0.05, 0) is 55.5 Å². The van der Waals surface area contributed by atoms with E-state index in [1.165, 1.54) is 44.9 Å². The number of aromatic nitrogens is 3. The van der Waals surface area contributed by atoms with Crippen molar-refractivity contribution in [3.8, 4) is 0 Å². The van der Waals surface area contributed by atoms with Crippen LogP contribution in [0.1, 0.15) is 73.8 Å². The highest BCUT2D eigenvalue weighted by Crippen LogP contribution is 2.25. The number of amides is 1. The molecule has 1 aliphatic heterocycles. The minimum absolute atomic E-state index is 0.0916. The predicted octanol–water partition coefficient (Wildman–Crippen LogP) is 5.58. The Balaban J connectivity index is 1.49. The average Bonchev–Trinajstić information content (AvgIpc) is 2.99. The van der Waals surface area contributed by atoms with Crippen LogP contribution in [0.4, 0.5) is 5.82 Å². The van der Waals surface area contributed by atoms with E-state index in [0.29, 0.717) is 17.3 Å². The normalized spacial score (nSPS) is 17.8. The number of nitrogens with one attached hydrogen (secondary N) is 1. The van der Waals surface area contributed by atoms with Gasteiger partial charge < -0.3 is 10.2 Å². The van der Waals surface area contributed by atoms with E-state index in [1.807, 2.05) is 35.0 Å². The van der Waals surface area contributed by atoms with Crippen LogP contribution in [0.5, 0.6) is 0 Å². The molecular formula is C26H32ClN5O. The van der Waals surface area contributed by atoms with Gasteiger partial charge in [0.15, 0.2) is 11.3 Å². The Bertz CT molecular complexity index is 1100. The first kappa shape index (κ1) is 22.2. The number of carbonyl (C=O) groups is 1. The van der Waals surface area contributed by atoms with Gasteiger partial charge in [0.25, 0.3) is 5.91 Å². The third-order valence-electron chi connectivity index (χ3n) is 6.91. The first-order valence-electron chi connectivity index (χ1n) is 12.4. The lowest BCUT2D eigenvalue weighted by Gasteiger charge is -2.22. The van der Waals surface area contributed by atoms with Crippen LogP contribution in [-0.4, -0.2) is 39.8 Å². The van der Waals surface area contributed by atoms with Crippen molar-refractivity contribution in [2.45, 2.75) is 70.4 Å². The summed E-state index contributed by atoms with van der Waals surface area (Å²) in [6.07, 6.45) is 10.7. The molecule has 1 N–H and O–H groups in total. The van der Waals surface area contributed by atoms with Crippen molar-refractivity contribution >= 4 is 34.4 Å². The number of benzene rings is 1. The number of pyridine rings is 1.